The fourth-order valence-electron chi connectivity index (χ4n) is 2.14. The summed E-state index contributed by atoms with van der Waals surface area (Å²) in [5.74, 6) is -0.912. The van der Waals surface area contributed by atoms with Crippen LogP contribution in [0.15, 0.2) is 0 Å². The maximum atomic E-state index is 12.2. The molecule has 2 amide bonds. The lowest BCUT2D eigenvalue weighted by molar-refractivity contribution is -0.142. The minimum atomic E-state index is -0.912. The highest BCUT2D eigenvalue weighted by Crippen LogP contribution is 2.18. The number of ether oxygens (including phenoxy) is 1. The average Bonchev–Trinajstić information content (AvgIpc) is 2.60. The maximum absolute atomic E-state index is 12.2. The van der Waals surface area contributed by atoms with Crippen LogP contribution < -0.4 is 0 Å². The fourth-order valence-corrected chi connectivity index (χ4v) is 2.14. The van der Waals surface area contributed by atoms with Crippen molar-refractivity contribution >= 4 is 12.0 Å². The van der Waals surface area contributed by atoms with Gasteiger partial charge in [0.1, 0.15) is 6.04 Å². The molecule has 6 heteroatoms. The summed E-state index contributed by atoms with van der Waals surface area (Å²) in [6.45, 7) is 1.44. The Hall–Kier alpha value is -1.30. The van der Waals surface area contributed by atoms with Crippen molar-refractivity contribution in [2.45, 2.75) is 31.7 Å². The largest absolute Gasteiger partial charge is 0.480 e. The Labute approximate surface area is 107 Å². The van der Waals surface area contributed by atoms with Crippen molar-refractivity contribution in [2.24, 2.45) is 0 Å². The zero-order chi connectivity index (χ0) is 13.5. The smallest absolute Gasteiger partial charge is 0.326 e. The van der Waals surface area contributed by atoms with Gasteiger partial charge in [0.05, 0.1) is 6.61 Å². The van der Waals surface area contributed by atoms with Crippen LogP contribution >= 0.6 is 0 Å². The van der Waals surface area contributed by atoms with Crippen molar-refractivity contribution in [3.8, 4) is 0 Å². The Morgan fingerprint density at radius 2 is 2.11 bits per heavy atom. The number of carbonyl (C=O) groups is 2. The van der Waals surface area contributed by atoms with Gasteiger partial charge in [-0.3, -0.25) is 0 Å². The number of nitrogens with zero attached hydrogens (tertiary/aromatic N) is 2. The predicted molar refractivity (Wildman–Crippen MR) is 66.5 cm³/mol. The van der Waals surface area contributed by atoms with Gasteiger partial charge >= 0.3 is 12.0 Å². The number of urea groups is 1. The quantitative estimate of drug-likeness (QED) is 0.817. The van der Waals surface area contributed by atoms with E-state index < -0.39 is 12.0 Å². The third-order valence-electron chi connectivity index (χ3n) is 3.24. The average molecular weight is 258 g/mol. The van der Waals surface area contributed by atoms with E-state index in [4.69, 9.17) is 4.74 Å². The van der Waals surface area contributed by atoms with Crippen molar-refractivity contribution in [2.75, 3.05) is 33.9 Å². The van der Waals surface area contributed by atoms with Gasteiger partial charge in [0.25, 0.3) is 0 Å². The van der Waals surface area contributed by atoms with E-state index in [2.05, 4.69) is 0 Å². The van der Waals surface area contributed by atoms with Gasteiger partial charge < -0.3 is 19.6 Å². The van der Waals surface area contributed by atoms with E-state index in [0.717, 1.165) is 19.3 Å². The van der Waals surface area contributed by atoms with Crippen molar-refractivity contribution in [3.05, 3.63) is 0 Å². The molecule has 18 heavy (non-hydrogen) atoms. The highest BCUT2D eigenvalue weighted by Gasteiger charge is 2.32. The van der Waals surface area contributed by atoms with Gasteiger partial charge in [-0.05, 0) is 12.8 Å². The lowest BCUT2D eigenvalue weighted by atomic mass is 10.1. The van der Waals surface area contributed by atoms with E-state index in [1.807, 2.05) is 0 Å². The molecule has 1 unspecified atom stereocenters. The second-order valence-electron chi connectivity index (χ2n) is 4.59. The van der Waals surface area contributed by atoms with Gasteiger partial charge in [0.2, 0.25) is 0 Å². The first kappa shape index (κ1) is 14.8. The van der Waals surface area contributed by atoms with E-state index in [0.29, 0.717) is 26.1 Å². The van der Waals surface area contributed by atoms with Crippen LogP contribution in [0.1, 0.15) is 25.7 Å². The lowest BCUT2D eigenvalue weighted by Gasteiger charge is -2.31. The highest BCUT2D eigenvalue weighted by molar-refractivity contribution is 5.82. The van der Waals surface area contributed by atoms with Crippen LogP contribution in [-0.2, 0) is 9.53 Å². The Kier molecular flexibility index (Phi) is 5.91. The van der Waals surface area contributed by atoms with Crippen LogP contribution in [0.2, 0.25) is 0 Å². The number of hydrogen-bond acceptors (Lipinski definition) is 3. The molecule has 1 heterocycles. The Bertz CT molecular complexity index is 296. The summed E-state index contributed by atoms with van der Waals surface area (Å²) in [7, 11) is 3.25. The molecule has 0 aromatic carbocycles. The number of likely N-dealkylation sites (N-methyl/N-ethyl adjacent to an activating group) is 1. The van der Waals surface area contributed by atoms with E-state index in [9.17, 15) is 14.7 Å². The monoisotopic (exact) mass is 258 g/mol. The van der Waals surface area contributed by atoms with E-state index in [-0.39, 0.29) is 6.03 Å². The topological polar surface area (TPSA) is 70.1 Å². The van der Waals surface area contributed by atoms with E-state index >= 15 is 0 Å². The molecule has 0 bridgehead atoms. The second-order valence-corrected chi connectivity index (χ2v) is 4.59. The molecule has 104 valence electrons. The molecule has 0 aromatic heterocycles. The summed E-state index contributed by atoms with van der Waals surface area (Å²) in [6.07, 6.45) is 3.25. The summed E-state index contributed by atoms with van der Waals surface area (Å²) in [6, 6.07) is -0.911. The van der Waals surface area contributed by atoms with E-state index in [1.54, 1.807) is 14.2 Å². The molecule has 0 spiro atoms. The number of rotatable bonds is 4. The molecule has 0 aromatic rings. The summed E-state index contributed by atoms with van der Waals surface area (Å²) in [5, 5.41) is 9.20. The summed E-state index contributed by atoms with van der Waals surface area (Å²) in [4.78, 5) is 26.4. The normalized spacial score (nSPS) is 20.3. The number of hydrogen-bond donors (Lipinski definition) is 1. The molecule has 0 saturated carbocycles. The number of likely N-dealkylation sites (tertiary alicyclic amines) is 1. The predicted octanol–water partition coefficient (Wildman–Crippen LogP) is 1.01. The van der Waals surface area contributed by atoms with Crippen molar-refractivity contribution in [3.63, 3.8) is 0 Å². The van der Waals surface area contributed by atoms with Crippen molar-refractivity contribution in [1.29, 1.82) is 0 Å². The SMILES string of the molecule is COCCN(C)C(=O)N1CCCCCC1C(=O)O. The molecule has 0 radical (unpaired) electrons. The number of aliphatic carboxylic acids is 1. The van der Waals surface area contributed by atoms with Gasteiger partial charge in [-0.2, -0.15) is 0 Å². The zero-order valence-corrected chi connectivity index (χ0v) is 11.1. The maximum Gasteiger partial charge on any atom is 0.326 e. The molecule has 1 rings (SSSR count). The van der Waals surface area contributed by atoms with E-state index in [1.165, 1.54) is 9.80 Å². The lowest BCUT2D eigenvalue weighted by Crippen LogP contribution is -2.50. The van der Waals surface area contributed by atoms with Gasteiger partial charge in [-0.25, -0.2) is 9.59 Å². The summed E-state index contributed by atoms with van der Waals surface area (Å²) in [5.41, 5.74) is 0. The highest BCUT2D eigenvalue weighted by atomic mass is 16.5. The molecular formula is C12H22N2O4. The van der Waals surface area contributed by atoms with Crippen molar-refractivity contribution < 1.29 is 19.4 Å². The van der Waals surface area contributed by atoms with Crippen LogP contribution in [-0.4, -0.2) is 66.8 Å². The van der Waals surface area contributed by atoms with Gasteiger partial charge in [0, 0.05) is 27.2 Å². The minimum Gasteiger partial charge on any atom is -0.480 e. The van der Waals surface area contributed by atoms with Gasteiger partial charge in [-0.15, -0.1) is 0 Å². The molecular weight excluding hydrogens is 236 g/mol. The van der Waals surface area contributed by atoms with Gasteiger partial charge in [0.15, 0.2) is 0 Å². The molecule has 1 fully saturated rings. The number of carbonyl (C=O) groups excluding carboxylic acids is 1. The third kappa shape index (κ3) is 3.87. The molecule has 6 nitrogen and oxygen atoms in total. The fraction of sp³-hybridized carbons (Fsp3) is 0.833. The first-order chi connectivity index (χ1) is 8.57. The standard InChI is InChI=1S/C12H22N2O4/c1-13(8-9-18-2)12(17)14-7-5-3-4-6-10(14)11(15)16/h10H,3-9H2,1-2H3,(H,15,16). The molecule has 1 aliphatic heterocycles. The molecule has 1 atom stereocenters. The van der Waals surface area contributed by atoms with Crippen LogP contribution in [0.3, 0.4) is 0 Å². The minimum absolute atomic E-state index is 0.221. The number of carboxylic acid groups (broad SMARTS) is 1. The summed E-state index contributed by atoms with van der Waals surface area (Å²) < 4.78 is 4.92. The summed E-state index contributed by atoms with van der Waals surface area (Å²) >= 11 is 0. The molecule has 1 aliphatic rings. The van der Waals surface area contributed by atoms with Crippen LogP contribution in [0.4, 0.5) is 4.79 Å². The Balaban J connectivity index is 2.68. The molecule has 1 saturated heterocycles. The number of carboxylic acids is 1. The van der Waals surface area contributed by atoms with Crippen LogP contribution in [0, 0.1) is 0 Å². The van der Waals surface area contributed by atoms with Gasteiger partial charge in [-0.1, -0.05) is 12.8 Å². The Morgan fingerprint density at radius 1 is 1.39 bits per heavy atom. The molecule has 0 aliphatic carbocycles. The third-order valence-corrected chi connectivity index (χ3v) is 3.24. The van der Waals surface area contributed by atoms with Crippen LogP contribution in [0.25, 0.3) is 0 Å². The first-order valence-corrected chi connectivity index (χ1v) is 6.31. The number of methoxy groups -OCH3 is 1. The van der Waals surface area contributed by atoms with Crippen molar-refractivity contribution in [1.82, 2.24) is 9.80 Å². The zero-order valence-electron chi connectivity index (χ0n) is 11.1. The first-order valence-electron chi connectivity index (χ1n) is 6.31. The van der Waals surface area contributed by atoms with Crippen LogP contribution in [0.5, 0.6) is 0 Å². The second kappa shape index (κ2) is 7.20. The molecule has 1 N–H and O–H groups in total. The number of amides is 2. The Morgan fingerprint density at radius 3 is 2.72 bits per heavy atom.